The van der Waals surface area contributed by atoms with Gasteiger partial charge in [-0.2, -0.15) is 0 Å². The van der Waals surface area contributed by atoms with Crippen LogP contribution in [0.1, 0.15) is 59.3 Å². The van der Waals surface area contributed by atoms with E-state index in [4.69, 9.17) is 0 Å². The Bertz CT molecular complexity index is 762. The molecule has 4 rings (SSSR count). The smallest absolute Gasteiger partial charge is 0.303 e. The van der Waals surface area contributed by atoms with E-state index in [1.807, 2.05) is 0 Å². The maximum atomic E-state index is 12.2. The minimum absolute atomic E-state index is 0.0502. The van der Waals surface area contributed by atoms with Gasteiger partial charge in [0.15, 0.2) is 5.78 Å². The Labute approximate surface area is 161 Å². The highest BCUT2D eigenvalue weighted by Gasteiger charge is 2.60. The van der Waals surface area contributed by atoms with Crippen LogP contribution in [0.5, 0.6) is 0 Å². The molecule has 1 N–H and O–H groups in total. The summed E-state index contributed by atoms with van der Waals surface area (Å²) < 4.78 is 0. The van der Waals surface area contributed by atoms with Gasteiger partial charge in [-0.25, -0.2) is 0 Å². The molecule has 1 unspecified atom stereocenters. The molecule has 2 fully saturated rings. The first-order valence-corrected chi connectivity index (χ1v) is 10.3. The number of fused-ring (bicyclic) bond motifs is 5. The van der Waals surface area contributed by atoms with E-state index in [1.165, 1.54) is 0 Å². The molecule has 0 heterocycles. The largest absolute Gasteiger partial charge is 0.481 e. The normalized spacial score (nSPS) is 45.5. The third-order valence-corrected chi connectivity index (χ3v) is 8.75. The van der Waals surface area contributed by atoms with Gasteiger partial charge in [-0.05, 0) is 78.8 Å². The topological polar surface area (TPSA) is 71.4 Å². The molecule has 0 aromatic carbocycles. The Balaban J connectivity index is 1.74. The average Bonchev–Trinajstić information content (AvgIpc) is 2.93. The van der Waals surface area contributed by atoms with Crippen molar-refractivity contribution in [3.05, 3.63) is 23.8 Å². The highest BCUT2D eigenvalue weighted by atomic mass is 16.4. The number of carbonyl (C=O) groups excluding carboxylic acids is 2. The van der Waals surface area contributed by atoms with E-state index < -0.39 is 5.97 Å². The lowest BCUT2D eigenvalue weighted by atomic mass is 9.46. The molecule has 0 aromatic rings. The van der Waals surface area contributed by atoms with Crippen molar-refractivity contribution in [2.75, 3.05) is 0 Å². The second-order valence-corrected chi connectivity index (χ2v) is 9.78. The molecule has 146 valence electrons. The molecule has 0 spiro atoms. The quantitative estimate of drug-likeness (QED) is 0.808. The van der Waals surface area contributed by atoms with E-state index in [1.54, 1.807) is 13.0 Å². The Morgan fingerprint density at radius 2 is 1.93 bits per heavy atom. The first-order chi connectivity index (χ1) is 12.7. The lowest BCUT2D eigenvalue weighted by Crippen LogP contribution is -2.52. The summed E-state index contributed by atoms with van der Waals surface area (Å²) in [6.45, 7) is 6.23. The Morgan fingerprint density at radius 1 is 1.19 bits per heavy atom. The van der Waals surface area contributed by atoms with Gasteiger partial charge in [0, 0.05) is 18.8 Å². The van der Waals surface area contributed by atoms with Crippen molar-refractivity contribution in [2.45, 2.75) is 59.3 Å². The maximum Gasteiger partial charge on any atom is 0.303 e. The van der Waals surface area contributed by atoms with Crippen molar-refractivity contribution in [3.63, 3.8) is 0 Å². The summed E-state index contributed by atoms with van der Waals surface area (Å²) in [6.07, 6.45) is 10.6. The zero-order valence-electron chi connectivity index (χ0n) is 16.5. The molecule has 0 saturated heterocycles. The molecule has 27 heavy (non-hydrogen) atoms. The van der Waals surface area contributed by atoms with E-state index in [-0.39, 0.29) is 34.9 Å². The molecule has 4 nitrogen and oxygen atoms in total. The average molecular weight is 370 g/mol. The standard InChI is InChI=1S/C23H30O4/c1-13(24)18-6-7-19-17-5-4-14-10-16(25)11-15(12-21(26)27)23(14,3)20(17)8-9-22(18,19)2/h4-5,10,15,17-20H,6-9,11-12H2,1-3H3,(H,26,27)/t15?,17-,18+,19-,20-,22+,23+/m0/s1. The van der Waals surface area contributed by atoms with Crippen molar-refractivity contribution in [3.8, 4) is 0 Å². The molecule has 0 amide bonds. The van der Waals surface area contributed by atoms with Crippen molar-refractivity contribution in [2.24, 2.45) is 40.4 Å². The van der Waals surface area contributed by atoms with Gasteiger partial charge < -0.3 is 5.11 Å². The number of rotatable bonds is 3. The van der Waals surface area contributed by atoms with Crippen LogP contribution in [0.25, 0.3) is 0 Å². The number of allylic oxidation sites excluding steroid dienone is 4. The number of carbonyl (C=O) groups is 3. The van der Waals surface area contributed by atoms with Gasteiger partial charge in [-0.3, -0.25) is 14.4 Å². The van der Waals surface area contributed by atoms with Crippen molar-refractivity contribution < 1.29 is 19.5 Å². The minimum atomic E-state index is -0.820. The van der Waals surface area contributed by atoms with Crippen LogP contribution in [0.15, 0.2) is 23.8 Å². The monoisotopic (exact) mass is 370 g/mol. The third-order valence-electron chi connectivity index (χ3n) is 8.75. The number of carboxylic acids is 1. The molecular weight excluding hydrogens is 340 g/mol. The predicted molar refractivity (Wildman–Crippen MR) is 102 cm³/mol. The number of ketones is 2. The third kappa shape index (κ3) is 2.59. The van der Waals surface area contributed by atoms with Gasteiger partial charge in [-0.1, -0.05) is 26.0 Å². The van der Waals surface area contributed by atoms with Gasteiger partial charge >= 0.3 is 5.97 Å². The summed E-state index contributed by atoms with van der Waals surface area (Å²) >= 11 is 0. The van der Waals surface area contributed by atoms with Gasteiger partial charge in [0.25, 0.3) is 0 Å². The summed E-state index contributed by atoms with van der Waals surface area (Å²) in [4.78, 5) is 36.0. The van der Waals surface area contributed by atoms with Gasteiger partial charge in [0.05, 0.1) is 0 Å². The number of aliphatic carboxylic acids is 1. The van der Waals surface area contributed by atoms with Gasteiger partial charge in [-0.15, -0.1) is 0 Å². The van der Waals surface area contributed by atoms with E-state index >= 15 is 0 Å². The highest BCUT2D eigenvalue weighted by molar-refractivity contribution is 5.93. The molecule has 0 aliphatic heterocycles. The summed E-state index contributed by atoms with van der Waals surface area (Å²) in [5.41, 5.74) is 0.819. The second kappa shape index (κ2) is 6.15. The SMILES string of the molecule is CC(=O)[C@H]1CC[C@H]2[C@@H]3C=CC4=CC(=O)CC(CC(=O)O)[C@]4(C)[C@H]3CC[C@]12C. The van der Waals surface area contributed by atoms with Crippen LogP contribution in [-0.4, -0.2) is 22.6 Å². The highest BCUT2D eigenvalue weighted by Crippen LogP contribution is 2.66. The summed E-state index contributed by atoms with van der Waals surface area (Å²) in [7, 11) is 0. The Kier molecular flexibility index (Phi) is 4.25. The predicted octanol–water partition coefficient (Wildman–Crippen LogP) is 4.20. The molecule has 4 aliphatic carbocycles. The summed E-state index contributed by atoms with van der Waals surface area (Å²) in [6, 6.07) is 0. The fraction of sp³-hybridized carbons (Fsp3) is 0.696. The van der Waals surface area contributed by atoms with Crippen LogP contribution < -0.4 is 0 Å². The molecule has 4 aliphatic rings. The molecular formula is C23H30O4. The molecule has 4 heteroatoms. The first kappa shape index (κ1) is 18.6. The maximum absolute atomic E-state index is 12.2. The fourth-order valence-electron chi connectivity index (χ4n) is 7.36. The molecule has 2 saturated carbocycles. The van der Waals surface area contributed by atoms with Crippen molar-refractivity contribution in [1.82, 2.24) is 0 Å². The van der Waals surface area contributed by atoms with E-state index in [0.717, 1.165) is 31.3 Å². The first-order valence-electron chi connectivity index (χ1n) is 10.3. The zero-order valence-corrected chi connectivity index (χ0v) is 16.5. The van der Waals surface area contributed by atoms with E-state index in [2.05, 4.69) is 26.0 Å². The van der Waals surface area contributed by atoms with Crippen LogP contribution >= 0.6 is 0 Å². The molecule has 0 aromatic heterocycles. The lowest BCUT2D eigenvalue weighted by molar-refractivity contribution is -0.141. The molecule has 0 radical (unpaired) electrons. The van der Waals surface area contributed by atoms with E-state index in [9.17, 15) is 19.5 Å². The summed E-state index contributed by atoms with van der Waals surface area (Å²) in [5.74, 6) is 0.767. The van der Waals surface area contributed by atoms with E-state index in [0.29, 0.717) is 30.0 Å². The second-order valence-electron chi connectivity index (χ2n) is 9.78. The fourth-order valence-corrected chi connectivity index (χ4v) is 7.36. The Morgan fingerprint density at radius 3 is 2.59 bits per heavy atom. The van der Waals surface area contributed by atoms with Crippen molar-refractivity contribution >= 4 is 17.5 Å². The minimum Gasteiger partial charge on any atom is -0.481 e. The number of hydrogen-bond donors (Lipinski definition) is 1. The Hall–Kier alpha value is -1.71. The van der Waals surface area contributed by atoms with Crippen LogP contribution in [0.2, 0.25) is 0 Å². The van der Waals surface area contributed by atoms with Crippen LogP contribution in [0.4, 0.5) is 0 Å². The van der Waals surface area contributed by atoms with Crippen LogP contribution in [0.3, 0.4) is 0 Å². The molecule has 0 bridgehead atoms. The number of carboxylic acid groups (broad SMARTS) is 1. The summed E-state index contributed by atoms with van der Waals surface area (Å²) in [5, 5.41) is 9.45. The number of hydrogen-bond acceptors (Lipinski definition) is 3. The zero-order chi connectivity index (χ0) is 19.6. The van der Waals surface area contributed by atoms with Gasteiger partial charge in [0.2, 0.25) is 0 Å². The van der Waals surface area contributed by atoms with Crippen LogP contribution in [0, 0.1) is 40.4 Å². The number of Topliss-reactive ketones (excluding diaryl/α,β-unsaturated/α-hetero) is 1. The lowest BCUT2D eigenvalue weighted by Gasteiger charge is -2.58. The molecule has 7 atom stereocenters. The van der Waals surface area contributed by atoms with Crippen LogP contribution in [-0.2, 0) is 14.4 Å². The van der Waals surface area contributed by atoms with Crippen molar-refractivity contribution in [1.29, 1.82) is 0 Å². The van der Waals surface area contributed by atoms with Gasteiger partial charge in [0.1, 0.15) is 5.78 Å².